The molecule has 18 nitrogen and oxygen atoms in total. The number of aromatic amines is 3. The van der Waals surface area contributed by atoms with Crippen LogP contribution < -0.4 is 15.4 Å². The van der Waals surface area contributed by atoms with E-state index in [0.29, 0.717) is 30.5 Å². The van der Waals surface area contributed by atoms with Crippen molar-refractivity contribution in [2.24, 2.45) is 11.8 Å². The molecule has 5 atom stereocenters. The number of ether oxygens (including phenoxy) is 3. The van der Waals surface area contributed by atoms with Crippen LogP contribution >= 0.6 is 0 Å². The number of nitrogens with one attached hydrogen (secondary N) is 5. The van der Waals surface area contributed by atoms with E-state index in [9.17, 15) is 19.2 Å². The molecule has 3 aliphatic heterocycles. The summed E-state index contributed by atoms with van der Waals surface area (Å²) < 4.78 is 19.0. The minimum atomic E-state index is -0.733. The van der Waals surface area contributed by atoms with Gasteiger partial charge in [-0.3, -0.25) is 14.7 Å². The van der Waals surface area contributed by atoms with E-state index in [1.54, 1.807) is 17.3 Å². The summed E-state index contributed by atoms with van der Waals surface area (Å²) in [4.78, 5) is 72.3. The van der Waals surface area contributed by atoms with Crippen molar-refractivity contribution in [1.82, 2.24) is 55.1 Å². The summed E-state index contributed by atoms with van der Waals surface area (Å²) in [5.74, 6) is 1.46. The van der Waals surface area contributed by atoms with Gasteiger partial charge < -0.3 is 49.2 Å². The van der Waals surface area contributed by atoms with Crippen molar-refractivity contribution in [3.8, 4) is 50.6 Å². The Kier molecular flexibility index (Phi) is 12.4. The van der Waals surface area contributed by atoms with Crippen LogP contribution in [0.25, 0.3) is 55.8 Å². The molecular weight excluding hydrogens is 891 g/mol. The Morgan fingerprint density at radius 3 is 1.87 bits per heavy atom. The third-order valence-electron chi connectivity index (χ3n) is 13.9. The van der Waals surface area contributed by atoms with E-state index < -0.39 is 30.5 Å². The van der Waals surface area contributed by atoms with Crippen molar-refractivity contribution in [2.45, 2.75) is 83.8 Å². The van der Waals surface area contributed by atoms with Crippen molar-refractivity contribution in [2.75, 3.05) is 27.3 Å². The van der Waals surface area contributed by atoms with Gasteiger partial charge in [0.05, 0.1) is 67.5 Å². The Labute approximate surface area is 404 Å². The Bertz CT molecular complexity index is 3080. The Morgan fingerprint density at radius 2 is 1.30 bits per heavy atom. The highest BCUT2D eigenvalue weighted by atomic mass is 16.5. The van der Waals surface area contributed by atoms with E-state index in [1.807, 2.05) is 57.1 Å². The summed E-state index contributed by atoms with van der Waals surface area (Å²) in [5.41, 5.74) is 9.20. The van der Waals surface area contributed by atoms with Gasteiger partial charge >= 0.3 is 12.2 Å². The van der Waals surface area contributed by atoms with Crippen LogP contribution in [0.2, 0.25) is 0 Å². The van der Waals surface area contributed by atoms with Gasteiger partial charge in [-0.25, -0.2) is 19.6 Å². The second-order valence-electron chi connectivity index (χ2n) is 18.9. The third kappa shape index (κ3) is 8.51. The molecule has 3 aliphatic rings. The number of fused-ring (bicyclic) bond motifs is 5. The molecule has 5 N–H and O–H groups in total. The second kappa shape index (κ2) is 18.9. The van der Waals surface area contributed by atoms with Crippen LogP contribution in [0.3, 0.4) is 0 Å². The van der Waals surface area contributed by atoms with Gasteiger partial charge in [-0.15, -0.1) is 0 Å². The number of methoxy groups -OCH3 is 2. The van der Waals surface area contributed by atoms with E-state index in [4.69, 9.17) is 24.2 Å². The number of alkyl carbamates (subject to hydrolysis) is 2. The molecule has 3 aromatic carbocycles. The maximum Gasteiger partial charge on any atom is 0.407 e. The molecule has 0 aliphatic carbocycles. The summed E-state index contributed by atoms with van der Waals surface area (Å²) in [6.07, 6.45) is 8.57. The minimum absolute atomic E-state index is 0.138. The SMILES string of the molecule is COC(=O)N[C@H](C(=O)N1CCC[C@H]1c1ncc(-c2ccc3c(c2)OC(c2cccc(-c4cn[nH]c4)c2)n2c-3cc3cc(-c4cnc([C@@H]5CCCN5C(=O)[C@@H](NC(=O)OC)C(C)C)[nH]4)ccc32)[nH]1)C(C)C. The van der Waals surface area contributed by atoms with E-state index in [2.05, 4.69) is 90.0 Å². The Morgan fingerprint density at radius 1 is 0.700 bits per heavy atom. The standard InChI is InChI=1S/C52H57N11O7/c1-28(2)44(59-51(66)68-5)48(64)61-18-8-12-40(61)46-53-26-37(57-46)31-15-17-39-34(21-31)22-42-36-16-14-32(23-43(36)70-50(63(39)42)33-11-7-10-30(20-33)35-24-55-56-25-35)38-27-54-47(58-38)41-13-9-19-62(41)49(65)45(29(3)4)60-52(67)69-6/h7,10-11,14-17,20-29,40-41,44-45,50H,8-9,12-13,18-19H2,1-6H3,(H,53,57)(H,54,58)(H,55,56)(H,59,66)(H,60,67)/t40-,41-,44-,45-,50?/m0/s1. The highest BCUT2D eigenvalue weighted by molar-refractivity contribution is 5.93. The third-order valence-corrected chi connectivity index (χ3v) is 13.9. The van der Waals surface area contributed by atoms with Crippen LogP contribution in [0.5, 0.6) is 5.75 Å². The molecular formula is C52H57N11O7. The first-order chi connectivity index (χ1) is 33.9. The van der Waals surface area contributed by atoms with Gasteiger partial charge in [0.2, 0.25) is 18.0 Å². The fourth-order valence-corrected chi connectivity index (χ4v) is 10.2. The van der Waals surface area contributed by atoms with Gasteiger partial charge in [0.1, 0.15) is 29.5 Å². The monoisotopic (exact) mass is 947 g/mol. The number of aromatic nitrogens is 7. The summed E-state index contributed by atoms with van der Waals surface area (Å²) >= 11 is 0. The number of H-pyrrole nitrogens is 3. The zero-order chi connectivity index (χ0) is 48.8. The molecule has 2 fully saturated rings. The van der Waals surface area contributed by atoms with Crippen LogP contribution in [-0.2, 0) is 19.1 Å². The predicted octanol–water partition coefficient (Wildman–Crippen LogP) is 8.51. The quantitative estimate of drug-likeness (QED) is 0.0787. The molecule has 362 valence electrons. The minimum Gasteiger partial charge on any atom is -0.465 e. The first-order valence-corrected chi connectivity index (χ1v) is 23.9. The van der Waals surface area contributed by atoms with Crippen molar-refractivity contribution in [3.05, 3.63) is 109 Å². The number of imidazole rings is 2. The number of carbonyl (C=O) groups is 4. The van der Waals surface area contributed by atoms with E-state index in [-0.39, 0.29) is 35.7 Å². The topological polar surface area (TPSA) is 217 Å². The van der Waals surface area contributed by atoms with Gasteiger partial charge in [0.25, 0.3) is 0 Å². The number of amides is 4. The fraction of sp³-hybridized carbons (Fsp3) is 0.365. The summed E-state index contributed by atoms with van der Waals surface area (Å²) in [5, 5.41) is 13.6. The van der Waals surface area contributed by atoms with Crippen LogP contribution in [-0.4, -0.2) is 108 Å². The van der Waals surface area contributed by atoms with E-state index in [1.165, 1.54) is 14.2 Å². The maximum atomic E-state index is 13.9. The lowest BCUT2D eigenvalue weighted by Gasteiger charge is -2.31. The molecule has 0 saturated carbocycles. The zero-order valence-corrected chi connectivity index (χ0v) is 40.0. The normalized spacial score (nSPS) is 18.4. The number of benzene rings is 3. The van der Waals surface area contributed by atoms with Crippen molar-refractivity contribution in [3.63, 3.8) is 0 Å². The molecule has 70 heavy (non-hydrogen) atoms. The van der Waals surface area contributed by atoms with Gasteiger partial charge in [-0.05, 0) is 79.5 Å². The average Bonchev–Trinajstić information content (AvgIpc) is 4.23. The molecule has 4 aromatic heterocycles. The van der Waals surface area contributed by atoms with E-state index in [0.717, 1.165) is 87.0 Å². The molecule has 0 radical (unpaired) electrons. The van der Waals surface area contributed by atoms with Crippen LogP contribution in [0, 0.1) is 11.8 Å². The summed E-state index contributed by atoms with van der Waals surface area (Å²) in [6.45, 7) is 8.72. The molecule has 7 heterocycles. The highest BCUT2D eigenvalue weighted by Crippen LogP contribution is 2.47. The smallest absolute Gasteiger partial charge is 0.407 e. The van der Waals surface area contributed by atoms with Crippen LogP contribution in [0.4, 0.5) is 9.59 Å². The lowest BCUT2D eigenvalue weighted by molar-refractivity contribution is -0.136. The number of carbonyl (C=O) groups excluding carboxylic acids is 4. The second-order valence-corrected chi connectivity index (χ2v) is 18.9. The first-order valence-electron chi connectivity index (χ1n) is 23.9. The Balaban J connectivity index is 0.972. The first kappa shape index (κ1) is 45.9. The summed E-state index contributed by atoms with van der Waals surface area (Å²) in [6, 6.07) is 21.0. The highest BCUT2D eigenvalue weighted by Gasteiger charge is 2.39. The number of nitrogens with zero attached hydrogens (tertiary/aromatic N) is 6. The van der Waals surface area contributed by atoms with Crippen molar-refractivity contribution >= 4 is 34.9 Å². The number of rotatable bonds is 12. The molecule has 0 spiro atoms. The lowest BCUT2D eigenvalue weighted by Crippen LogP contribution is -2.51. The van der Waals surface area contributed by atoms with Gasteiger partial charge in [0.15, 0.2) is 0 Å². The van der Waals surface area contributed by atoms with E-state index >= 15 is 0 Å². The van der Waals surface area contributed by atoms with Crippen molar-refractivity contribution < 1.29 is 33.4 Å². The molecule has 18 heteroatoms. The predicted molar refractivity (Wildman–Crippen MR) is 261 cm³/mol. The Hall–Kier alpha value is -7.89. The number of hydrogen-bond acceptors (Lipinski definition) is 10. The molecule has 4 amide bonds. The number of likely N-dealkylation sites (tertiary alicyclic amines) is 2. The van der Waals surface area contributed by atoms with Gasteiger partial charge in [0, 0.05) is 52.5 Å². The van der Waals surface area contributed by atoms with Crippen LogP contribution in [0.15, 0.2) is 91.5 Å². The summed E-state index contributed by atoms with van der Waals surface area (Å²) in [7, 11) is 2.58. The number of hydrogen-bond donors (Lipinski definition) is 5. The lowest BCUT2D eigenvalue weighted by atomic mass is 10.0. The molecule has 2 saturated heterocycles. The molecule has 0 bridgehead atoms. The van der Waals surface area contributed by atoms with Crippen LogP contribution in [0.1, 0.15) is 88.9 Å². The van der Waals surface area contributed by atoms with Gasteiger partial charge in [-0.2, -0.15) is 5.10 Å². The van der Waals surface area contributed by atoms with Crippen molar-refractivity contribution in [1.29, 1.82) is 0 Å². The largest absolute Gasteiger partial charge is 0.465 e. The fourth-order valence-electron chi connectivity index (χ4n) is 10.2. The zero-order valence-electron chi connectivity index (χ0n) is 40.0. The average molecular weight is 948 g/mol. The molecule has 10 rings (SSSR count). The molecule has 7 aromatic rings. The maximum absolute atomic E-state index is 13.9. The van der Waals surface area contributed by atoms with Gasteiger partial charge in [-0.1, -0.05) is 58.0 Å². The molecule has 1 unspecified atom stereocenters.